The van der Waals surface area contributed by atoms with Crippen molar-refractivity contribution in [3.8, 4) is 33.4 Å². The van der Waals surface area contributed by atoms with Gasteiger partial charge in [-0.2, -0.15) is 0 Å². The van der Waals surface area contributed by atoms with Gasteiger partial charge in [-0.25, -0.2) is 4.99 Å². The minimum absolute atomic E-state index is 0.137. The first-order valence-corrected chi connectivity index (χ1v) is 15.7. The van der Waals surface area contributed by atoms with Crippen molar-refractivity contribution in [2.75, 3.05) is 0 Å². The molecule has 0 atom stereocenters. The summed E-state index contributed by atoms with van der Waals surface area (Å²) in [7, 11) is 2.15. The van der Waals surface area contributed by atoms with Gasteiger partial charge in [0.05, 0.1) is 5.52 Å². The second kappa shape index (κ2) is 11.6. The quantitative estimate of drug-likeness (QED) is 0.149. The standard InChI is InChI=1S/C43H32N4/c1-47-40-17-8-7-14-36(40)37-16-9-15-35(41(37)47)30-22-18-28(19-23-30)29-20-24-31(25-21-29)38-26-33-12-5-6-13-34(33)27-39(38)43(45)46-42(44)32-10-3-2-4-11-32/h2-27H,1H3,(H3,44,45,46). The SMILES string of the molecule is Cn1c2ccccc2c2cccc(-c3ccc(-c4ccc(-c5cc6ccccc6cc5C(N)=NC(=N)c5ccccc5)cc4)cc3)c21. The lowest BCUT2D eigenvalue weighted by atomic mass is 9.93. The highest BCUT2D eigenvalue weighted by molar-refractivity contribution is 6.14. The lowest BCUT2D eigenvalue weighted by molar-refractivity contribution is 1.02. The number of para-hydroxylation sites is 2. The lowest BCUT2D eigenvalue weighted by Crippen LogP contribution is -2.17. The third-order valence-corrected chi connectivity index (χ3v) is 9.09. The van der Waals surface area contributed by atoms with Crippen LogP contribution in [-0.4, -0.2) is 16.2 Å². The molecule has 47 heavy (non-hydrogen) atoms. The van der Waals surface area contributed by atoms with Crippen LogP contribution in [0.4, 0.5) is 0 Å². The summed E-state index contributed by atoms with van der Waals surface area (Å²) in [5.74, 6) is 0.457. The molecule has 224 valence electrons. The van der Waals surface area contributed by atoms with Crippen molar-refractivity contribution >= 4 is 44.2 Å². The number of nitrogens with zero attached hydrogens (tertiary/aromatic N) is 2. The van der Waals surface area contributed by atoms with Crippen LogP contribution in [-0.2, 0) is 7.05 Å². The van der Waals surface area contributed by atoms with Crippen LogP contribution < -0.4 is 5.73 Å². The van der Waals surface area contributed by atoms with E-state index in [1.165, 1.54) is 32.9 Å². The van der Waals surface area contributed by atoms with Crippen LogP contribution in [0.1, 0.15) is 11.1 Å². The van der Waals surface area contributed by atoms with Gasteiger partial charge in [-0.05, 0) is 56.8 Å². The van der Waals surface area contributed by atoms with Gasteiger partial charge in [0.1, 0.15) is 5.84 Å². The van der Waals surface area contributed by atoms with E-state index in [1.54, 1.807) is 0 Å². The maximum atomic E-state index is 8.55. The van der Waals surface area contributed by atoms with Crippen molar-refractivity contribution in [1.29, 1.82) is 5.41 Å². The number of fused-ring (bicyclic) bond motifs is 4. The number of aryl methyl sites for hydroxylation is 1. The molecule has 1 aromatic heterocycles. The Kier molecular flexibility index (Phi) is 6.96. The first-order valence-electron chi connectivity index (χ1n) is 15.7. The fourth-order valence-electron chi connectivity index (χ4n) is 6.69. The summed E-state index contributed by atoms with van der Waals surface area (Å²) in [6.45, 7) is 0. The Bertz CT molecular complexity index is 2470. The van der Waals surface area contributed by atoms with E-state index in [0.29, 0.717) is 5.84 Å². The predicted octanol–water partition coefficient (Wildman–Crippen LogP) is 10.2. The molecule has 0 fully saturated rings. The van der Waals surface area contributed by atoms with Crippen molar-refractivity contribution in [3.05, 3.63) is 169 Å². The average Bonchev–Trinajstić information content (AvgIpc) is 3.43. The predicted molar refractivity (Wildman–Crippen MR) is 198 cm³/mol. The van der Waals surface area contributed by atoms with Gasteiger partial charge in [0.2, 0.25) is 0 Å². The maximum absolute atomic E-state index is 8.55. The molecule has 0 aliphatic rings. The number of aromatic nitrogens is 1. The maximum Gasteiger partial charge on any atom is 0.154 e. The largest absolute Gasteiger partial charge is 0.383 e. The number of amidine groups is 2. The Balaban J connectivity index is 1.14. The molecule has 0 radical (unpaired) electrons. The summed E-state index contributed by atoms with van der Waals surface area (Å²) >= 11 is 0. The van der Waals surface area contributed by atoms with E-state index in [9.17, 15) is 0 Å². The van der Waals surface area contributed by atoms with Crippen LogP contribution in [0.15, 0.2) is 163 Å². The molecule has 0 spiro atoms. The van der Waals surface area contributed by atoms with Crippen molar-refractivity contribution in [3.63, 3.8) is 0 Å². The minimum atomic E-state index is 0.137. The van der Waals surface area contributed by atoms with Crippen molar-refractivity contribution in [2.24, 2.45) is 17.8 Å². The number of aliphatic imine (C=N–C) groups is 1. The topological polar surface area (TPSA) is 67.2 Å². The third-order valence-electron chi connectivity index (χ3n) is 9.09. The fourth-order valence-corrected chi connectivity index (χ4v) is 6.69. The zero-order chi connectivity index (χ0) is 31.9. The molecular weight excluding hydrogens is 573 g/mol. The number of nitrogens with two attached hydrogens (primary N) is 1. The molecule has 7 aromatic carbocycles. The zero-order valence-corrected chi connectivity index (χ0v) is 26.0. The number of hydrogen-bond acceptors (Lipinski definition) is 1. The van der Waals surface area contributed by atoms with Gasteiger partial charge in [-0.3, -0.25) is 5.41 Å². The van der Waals surface area contributed by atoms with Crippen LogP contribution >= 0.6 is 0 Å². The zero-order valence-electron chi connectivity index (χ0n) is 26.0. The van der Waals surface area contributed by atoms with E-state index in [0.717, 1.165) is 44.2 Å². The van der Waals surface area contributed by atoms with Gasteiger partial charge >= 0.3 is 0 Å². The molecule has 0 aliphatic carbocycles. The summed E-state index contributed by atoms with van der Waals surface area (Å²) in [5, 5.41) is 13.3. The Morgan fingerprint density at radius 3 is 1.81 bits per heavy atom. The van der Waals surface area contributed by atoms with Crippen molar-refractivity contribution in [1.82, 2.24) is 4.57 Å². The molecule has 0 unspecified atom stereocenters. The molecule has 1 heterocycles. The number of benzene rings is 7. The molecule has 3 N–H and O–H groups in total. The first kappa shape index (κ1) is 28.2. The molecule has 0 saturated carbocycles. The van der Waals surface area contributed by atoms with E-state index in [4.69, 9.17) is 11.1 Å². The smallest absolute Gasteiger partial charge is 0.154 e. The molecule has 8 rings (SSSR count). The van der Waals surface area contributed by atoms with Gasteiger partial charge in [0.25, 0.3) is 0 Å². The van der Waals surface area contributed by atoms with Gasteiger partial charge in [-0.15, -0.1) is 0 Å². The van der Waals surface area contributed by atoms with Crippen molar-refractivity contribution in [2.45, 2.75) is 0 Å². The summed E-state index contributed by atoms with van der Waals surface area (Å²) in [5.41, 5.74) is 17.4. The molecule has 0 saturated heterocycles. The van der Waals surface area contributed by atoms with Gasteiger partial charge < -0.3 is 10.3 Å². The highest BCUT2D eigenvalue weighted by Gasteiger charge is 2.15. The Morgan fingerprint density at radius 1 is 0.553 bits per heavy atom. The Labute approximate surface area is 273 Å². The van der Waals surface area contributed by atoms with Crippen molar-refractivity contribution < 1.29 is 0 Å². The second-order valence-electron chi connectivity index (χ2n) is 11.9. The van der Waals surface area contributed by atoms with Crippen LogP contribution in [0.25, 0.3) is 66.0 Å². The molecule has 0 bridgehead atoms. The molecule has 4 heteroatoms. The van der Waals surface area contributed by atoms with E-state index in [1.807, 2.05) is 42.5 Å². The molecule has 8 aromatic rings. The molecule has 0 aliphatic heterocycles. The Morgan fingerprint density at radius 2 is 1.11 bits per heavy atom. The van der Waals surface area contributed by atoms with Gasteiger partial charge in [-0.1, -0.05) is 140 Å². The van der Waals surface area contributed by atoms with Crippen LogP contribution in [0.3, 0.4) is 0 Å². The highest BCUT2D eigenvalue weighted by atomic mass is 14.9. The Hall–Kier alpha value is -6.26. The second-order valence-corrected chi connectivity index (χ2v) is 11.9. The molecule has 0 amide bonds. The highest BCUT2D eigenvalue weighted by Crippen LogP contribution is 2.36. The number of hydrogen-bond donors (Lipinski definition) is 2. The van der Waals surface area contributed by atoms with E-state index in [2.05, 4.69) is 132 Å². The molecular formula is C43H32N4. The van der Waals surface area contributed by atoms with Crippen LogP contribution in [0.5, 0.6) is 0 Å². The summed E-state index contributed by atoms with van der Waals surface area (Å²) < 4.78 is 2.30. The van der Waals surface area contributed by atoms with E-state index >= 15 is 0 Å². The molecule has 4 nitrogen and oxygen atoms in total. The normalized spacial score (nSPS) is 11.8. The average molecular weight is 605 g/mol. The summed E-state index contributed by atoms with van der Waals surface area (Å²) in [4.78, 5) is 4.52. The van der Waals surface area contributed by atoms with Crippen LogP contribution in [0, 0.1) is 5.41 Å². The fraction of sp³-hybridized carbons (Fsp3) is 0.0233. The summed E-state index contributed by atoms with van der Waals surface area (Å²) in [6, 6.07) is 54.6. The monoisotopic (exact) mass is 604 g/mol. The first-order chi connectivity index (χ1) is 23.0. The van der Waals surface area contributed by atoms with Gasteiger partial charge in [0.15, 0.2) is 5.84 Å². The van der Waals surface area contributed by atoms with E-state index < -0.39 is 0 Å². The number of nitrogens with one attached hydrogen (secondary N) is 1. The van der Waals surface area contributed by atoms with Crippen LogP contribution in [0.2, 0.25) is 0 Å². The third kappa shape index (κ3) is 5.06. The number of rotatable bonds is 5. The lowest BCUT2D eigenvalue weighted by Gasteiger charge is -2.13. The van der Waals surface area contributed by atoms with E-state index in [-0.39, 0.29) is 5.84 Å². The summed E-state index contributed by atoms with van der Waals surface area (Å²) in [6.07, 6.45) is 0. The van der Waals surface area contributed by atoms with Gasteiger partial charge in [0, 0.05) is 40.0 Å². The minimum Gasteiger partial charge on any atom is -0.383 e.